The molecule has 0 aliphatic carbocycles. The highest BCUT2D eigenvalue weighted by atomic mass is 16.5. The minimum atomic E-state index is -0.303. The molecule has 1 aliphatic heterocycles. The first-order valence-corrected chi connectivity index (χ1v) is 12.8. The highest BCUT2D eigenvalue weighted by molar-refractivity contribution is 5.98. The summed E-state index contributed by atoms with van der Waals surface area (Å²) in [5.41, 5.74) is 4.61. The number of hydrogen-bond donors (Lipinski definition) is 2. The van der Waals surface area contributed by atoms with Gasteiger partial charge in [0, 0.05) is 24.0 Å². The maximum Gasteiger partial charge on any atom is 0.253 e. The van der Waals surface area contributed by atoms with E-state index in [1.54, 1.807) is 11.1 Å². The molecule has 0 spiro atoms. The number of ether oxygens (including phenoxy) is 1. The molecule has 2 amide bonds. The van der Waals surface area contributed by atoms with Gasteiger partial charge in [-0.2, -0.15) is 5.10 Å². The summed E-state index contributed by atoms with van der Waals surface area (Å²) in [5, 5.41) is 11.1. The smallest absolute Gasteiger partial charge is 0.253 e. The number of benzene rings is 3. The number of carbonyl (C=O) groups is 2. The zero-order valence-electron chi connectivity index (χ0n) is 21.2. The molecule has 1 saturated heterocycles. The summed E-state index contributed by atoms with van der Waals surface area (Å²) in [4.78, 5) is 28.5. The van der Waals surface area contributed by atoms with Crippen molar-refractivity contribution in [1.82, 2.24) is 20.4 Å². The second-order valence-electron chi connectivity index (χ2n) is 9.77. The van der Waals surface area contributed by atoms with Crippen LogP contribution in [0, 0.1) is 19.8 Å². The van der Waals surface area contributed by atoms with Gasteiger partial charge in [-0.25, -0.2) is 0 Å². The monoisotopic (exact) mass is 496 g/mol. The number of hydrogen-bond acceptors (Lipinski definition) is 4. The van der Waals surface area contributed by atoms with Crippen LogP contribution < -0.4 is 10.1 Å². The number of fused-ring (bicyclic) bond motifs is 1. The van der Waals surface area contributed by atoms with Gasteiger partial charge < -0.3 is 15.0 Å². The van der Waals surface area contributed by atoms with Gasteiger partial charge >= 0.3 is 0 Å². The summed E-state index contributed by atoms with van der Waals surface area (Å²) < 4.78 is 6.23. The van der Waals surface area contributed by atoms with E-state index in [2.05, 4.69) is 15.5 Å². The van der Waals surface area contributed by atoms with E-state index in [-0.39, 0.29) is 23.8 Å². The second kappa shape index (κ2) is 10.9. The van der Waals surface area contributed by atoms with Gasteiger partial charge in [-0.05, 0) is 61.6 Å². The van der Waals surface area contributed by atoms with E-state index in [1.807, 2.05) is 80.6 Å². The van der Waals surface area contributed by atoms with E-state index in [9.17, 15) is 9.59 Å². The SMILES string of the molecule is Cc1cccc(C)c1OCC(NC(=O)C1CCCN(C(=O)c2ccc3[nH]ncc3c2)C1)c1ccccc1. The molecule has 2 unspecified atom stereocenters. The quantitative estimate of drug-likeness (QED) is 0.378. The number of nitrogens with zero attached hydrogens (tertiary/aromatic N) is 2. The van der Waals surface area contributed by atoms with Crippen LogP contribution in [0.2, 0.25) is 0 Å². The van der Waals surface area contributed by atoms with Crippen molar-refractivity contribution in [2.24, 2.45) is 5.92 Å². The van der Waals surface area contributed by atoms with Crippen LogP contribution in [0.25, 0.3) is 10.9 Å². The van der Waals surface area contributed by atoms with E-state index in [0.29, 0.717) is 25.3 Å². The molecule has 0 bridgehead atoms. The standard InChI is InChI=1S/C30H32N4O3/c1-20-8-6-9-21(2)28(20)37-19-27(22-10-4-3-5-11-22)32-29(35)24-12-7-15-34(18-24)30(36)23-13-14-26-25(16-23)17-31-33-26/h3-6,8-11,13-14,16-17,24,27H,7,12,15,18-19H2,1-2H3,(H,31,33)(H,32,35). The Morgan fingerprint density at radius 1 is 1.08 bits per heavy atom. The lowest BCUT2D eigenvalue weighted by Gasteiger charge is -2.33. The minimum absolute atomic E-state index is 0.0539. The highest BCUT2D eigenvalue weighted by Crippen LogP contribution is 2.26. The molecule has 7 nitrogen and oxygen atoms in total. The molecule has 1 aliphatic rings. The molecule has 4 aromatic rings. The van der Waals surface area contributed by atoms with Gasteiger partial charge in [0.25, 0.3) is 5.91 Å². The third-order valence-corrected chi connectivity index (χ3v) is 7.09. The topological polar surface area (TPSA) is 87.3 Å². The number of aromatic nitrogens is 2. The maximum absolute atomic E-state index is 13.5. The molecule has 0 radical (unpaired) electrons. The van der Waals surface area contributed by atoms with Gasteiger partial charge in [-0.15, -0.1) is 0 Å². The number of nitrogens with one attached hydrogen (secondary N) is 2. The van der Waals surface area contributed by atoms with Crippen LogP contribution in [0.15, 0.2) is 72.9 Å². The molecular formula is C30H32N4O3. The Balaban J connectivity index is 1.28. The predicted molar refractivity (Wildman–Crippen MR) is 143 cm³/mol. The number of aryl methyl sites for hydroxylation is 2. The fourth-order valence-electron chi connectivity index (χ4n) is 5.02. The molecule has 5 rings (SSSR count). The number of carbonyl (C=O) groups excluding carboxylic acids is 2. The van der Waals surface area contributed by atoms with Crippen molar-refractivity contribution < 1.29 is 14.3 Å². The third-order valence-electron chi connectivity index (χ3n) is 7.09. The summed E-state index contributed by atoms with van der Waals surface area (Å²) in [5.74, 6) is 0.462. The average molecular weight is 497 g/mol. The molecule has 190 valence electrons. The second-order valence-corrected chi connectivity index (χ2v) is 9.77. The minimum Gasteiger partial charge on any atom is -0.491 e. The van der Waals surface area contributed by atoms with Gasteiger partial charge in [-0.3, -0.25) is 14.7 Å². The number of piperidine rings is 1. The highest BCUT2D eigenvalue weighted by Gasteiger charge is 2.30. The Morgan fingerprint density at radius 2 is 1.86 bits per heavy atom. The van der Waals surface area contributed by atoms with Crippen molar-refractivity contribution in [3.63, 3.8) is 0 Å². The zero-order valence-corrected chi connectivity index (χ0v) is 21.2. The van der Waals surface area contributed by atoms with Crippen molar-refractivity contribution >= 4 is 22.7 Å². The first-order valence-electron chi connectivity index (χ1n) is 12.8. The van der Waals surface area contributed by atoms with Crippen molar-refractivity contribution in [2.45, 2.75) is 32.7 Å². The number of para-hydroxylation sites is 1. The Bertz CT molecular complexity index is 1380. The zero-order chi connectivity index (χ0) is 25.8. The molecule has 1 aromatic heterocycles. The van der Waals surface area contributed by atoms with Gasteiger partial charge in [0.05, 0.1) is 23.7 Å². The lowest BCUT2D eigenvalue weighted by atomic mass is 9.95. The van der Waals surface area contributed by atoms with Crippen molar-refractivity contribution in [3.05, 3.63) is 95.2 Å². The van der Waals surface area contributed by atoms with Gasteiger partial charge in [-0.1, -0.05) is 48.5 Å². The number of amides is 2. The summed E-state index contributed by atoms with van der Waals surface area (Å²) in [7, 11) is 0. The van der Waals surface area contributed by atoms with Crippen molar-refractivity contribution in [3.8, 4) is 5.75 Å². The fraction of sp³-hybridized carbons (Fsp3) is 0.300. The molecule has 7 heteroatoms. The van der Waals surface area contributed by atoms with E-state index >= 15 is 0 Å². The third kappa shape index (κ3) is 5.50. The average Bonchev–Trinajstić information content (AvgIpc) is 3.40. The Kier molecular flexibility index (Phi) is 7.21. The number of aromatic amines is 1. The van der Waals surface area contributed by atoms with Crippen LogP contribution in [0.3, 0.4) is 0 Å². The van der Waals surface area contributed by atoms with Crippen LogP contribution in [-0.4, -0.2) is 46.6 Å². The van der Waals surface area contributed by atoms with Crippen molar-refractivity contribution in [2.75, 3.05) is 19.7 Å². The van der Waals surface area contributed by atoms with E-state index in [0.717, 1.165) is 46.2 Å². The molecular weight excluding hydrogens is 464 g/mol. The summed E-state index contributed by atoms with van der Waals surface area (Å²) >= 11 is 0. The summed E-state index contributed by atoms with van der Waals surface area (Å²) in [6.45, 7) is 5.41. The van der Waals surface area contributed by atoms with Crippen LogP contribution >= 0.6 is 0 Å². The molecule has 3 aromatic carbocycles. The number of H-pyrrole nitrogens is 1. The molecule has 2 heterocycles. The Labute approximate surface area is 216 Å². The first-order chi connectivity index (χ1) is 18.0. The van der Waals surface area contributed by atoms with Crippen LogP contribution in [0.5, 0.6) is 5.75 Å². The number of rotatable bonds is 7. The van der Waals surface area contributed by atoms with Crippen LogP contribution in [0.1, 0.15) is 45.9 Å². The van der Waals surface area contributed by atoms with Gasteiger partial charge in [0.2, 0.25) is 5.91 Å². The number of likely N-dealkylation sites (tertiary alicyclic amines) is 1. The molecule has 2 N–H and O–H groups in total. The fourth-order valence-corrected chi connectivity index (χ4v) is 5.02. The maximum atomic E-state index is 13.5. The lowest BCUT2D eigenvalue weighted by Crippen LogP contribution is -2.46. The van der Waals surface area contributed by atoms with E-state index in [1.165, 1.54) is 0 Å². The van der Waals surface area contributed by atoms with Gasteiger partial charge in [0.15, 0.2) is 0 Å². The van der Waals surface area contributed by atoms with Crippen LogP contribution in [-0.2, 0) is 4.79 Å². The summed E-state index contributed by atoms with van der Waals surface area (Å²) in [6, 6.07) is 21.2. The van der Waals surface area contributed by atoms with Crippen LogP contribution in [0.4, 0.5) is 0 Å². The molecule has 0 saturated carbocycles. The molecule has 1 fully saturated rings. The normalized spacial score (nSPS) is 16.4. The first kappa shape index (κ1) is 24.6. The van der Waals surface area contributed by atoms with Crippen molar-refractivity contribution in [1.29, 1.82) is 0 Å². The van der Waals surface area contributed by atoms with E-state index < -0.39 is 0 Å². The predicted octanol–water partition coefficient (Wildman–Crippen LogP) is 4.97. The Morgan fingerprint density at radius 3 is 2.65 bits per heavy atom. The molecule has 37 heavy (non-hydrogen) atoms. The van der Waals surface area contributed by atoms with E-state index in [4.69, 9.17) is 4.74 Å². The molecule has 2 atom stereocenters. The van der Waals surface area contributed by atoms with Gasteiger partial charge in [0.1, 0.15) is 12.4 Å². The largest absolute Gasteiger partial charge is 0.491 e. The lowest BCUT2D eigenvalue weighted by molar-refractivity contribution is -0.127. The summed E-state index contributed by atoms with van der Waals surface area (Å²) in [6.07, 6.45) is 3.24. The Hall–Kier alpha value is -4.13.